The van der Waals surface area contributed by atoms with E-state index in [2.05, 4.69) is 26.8 Å². The summed E-state index contributed by atoms with van der Waals surface area (Å²) in [5.74, 6) is -0.0535. The summed E-state index contributed by atoms with van der Waals surface area (Å²) in [6.45, 7) is 6.13. The van der Waals surface area contributed by atoms with E-state index in [1.54, 1.807) is 36.5 Å². The first-order chi connectivity index (χ1) is 21.3. The Balaban J connectivity index is 3.92. The molecule has 0 heterocycles. The highest BCUT2D eigenvalue weighted by atomic mass is 16.6. The number of hydrogen-bond donors (Lipinski definition) is 3. The highest BCUT2D eigenvalue weighted by Gasteiger charge is 2.16. The predicted molar refractivity (Wildman–Crippen MR) is 180 cm³/mol. The second-order valence-corrected chi connectivity index (χ2v) is 12.1. The van der Waals surface area contributed by atoms with Crippen LogP contribution in [-0.4, -0.2) is 58.8 Å². The van der Waals surface area contributed by atoms with Crippen LogP contribution in [0.25, 0.3) is 0 Å². The van der Waals surface area contributed by atoms with E-state index in [0.29, 0.717) is 25.7 Å². The molecule has 0 radical (unpaired) electrons. The number of allylic oxidation sites excluding steroid dienone is 5. The molecular formula is C37H64O7. The summed E-state index contributed by atoms with van der Waals surface area (Å²) in [5.41, 5.74) is 0. The Hall–Kier alpha value is -2.22. The number of hydrogen-bond acceptors (Lipinski definition) is 7. The minimum atomic E-state index is -0.861. The molecule has 0 aliphatic carbocycles. The standard InChI is InChI=1S/C37H64O7/c1-4-5-6-7-13-18-24-33(39)25-19-15-16-20-26-34(40)27-22-29-36(41)43-31-35(30-38)44-37(42)28-21-14-11-9-8-10-12-17-23-32(2)3/h13,15-16,18-20,25-26,32-35,38-40H,4-12,14,17,21-24,27-31H2,1-3H3/b16-15+,18-13-,25-19+,26-20-/t33-,34-,35+/m1/s1. The Morgan fingerprint density at radius 1 is 0.682 bits per heavy atom. The Kier molecular flexibility index (Phi) is 29.2. The van der Waals surface area contributed by atoms with Gasteiger partial charge in [0.05, 0.1) is 18.8 Å². The summed E-state index contributed by atoms with van der Waals surface area (Å²) in [4.78, 5) is 24.1. The number of aliphatic hydroxyl groups is 3. The van der Waals surface area contributed by atoms with Gasteiger partial charge in [-0.3, -0.25) is 9.59 Å². The summed E-state index contributed by atoms with van der Waals surface area (Å²) in [6, 6.07) is 0. The van der Waals surface area contributed by atoms with Crippen LogP contribution in [0.3, 0.4) is 0 Å². The van der Waals surface area contributed by atoms with Gasteiger partial charge in [0.2, 0.25) is 0 Å². The van der Waals surface area contributed by atoms with Gasteiger partial charge in [0.15, 0.2) is 6.10 Å². The zero-order chi connectivity index (χ0) is 32.7. The molecular weight excluding hydrogens is 556 g/mol. The number of carbonyl (C=O) groups excluding carboxylic acids is 2. The van der Waals surface area contributed by atoms with Crippen molar-refractivity contribution in [3.05, 3.63) is 48.6 Å². The molecule has 0 fully saturated rings. The topological polar surface area (TPSA) is 113 Å². The van der Waals surface area contributed by atoms with E-state index in [1.807, 2.05) is 6.08 Å². The van der Waals surface area contributed by atoms with Gasteiger partial charge in [-0.2, -0.15) is 0 Å². The van der Waals surface area contributed by atoms with E-state index in [4.69, 9.17) is 9.47 Å². The fraction of sp³-hybridized carbons (Fsp3) is 0.730. The average molecular weight is 621 g/mol. The zero-order valence-corrected chi connectivity index (χ0v) is 28.0. The lowest BCUT2D eigenvalue weighted by molar-refractivity contribution is -0.161. The molecule has 0 rings (SSSR count). The van der Waals surface area contributed by atoms with Crippen LogP contribution in [0, 0.1) is 5.92 Å². The number of aliphatic hydroxyl groups excluding tert-OH is 3. The summed E-state index contributed by atoms with van der Waals surface area (Å²) in [5, 5.41) is 29.5. The summed E-state index contributed by atoms with van der Waals surface area (Å²) in [6.07, 6.45) is 29.5. The van der Waals surface area contributed by atoms with Gasteiger partial charge in [-0.15, -0.1) is 0 Å². The van der Waals surface area contributed by atoms with E-state index < -0.39 is 30.9 Å². The second kappa shape index (κ2) is 30.8. The molecule has 7 nitrogen and oxygen atoms in total. The quantitative estimate of drug-likeness (QED) is 0.0335. The number of unbranched alkanes of at least 4 members (excludes halogenated alkanes) is 10. The molecule has 3 atom stereocenters. The lowest BCUT2D eigenvalue weighted by atomic mass is 10.0. The van der Waals surface area contributed by atoms with Crippen molar-refractivity contribution >= 4 is 11.9 Å². The van der Waals surface area contributed by atoms with Crippen molar-refractivity contribution in [1.29, 1.82) is 0 Å². The van der Waals surface area contributed by atoms with Gasteiger partial charge in [0.1, 0.15) is 6.61 Å². The number of ether oxygens (including phenoxy) is 2. The third-order valence-electron chi connectivity index (χ3n) is 7.24. The summed E-state index contributed by atoms with van der Waals surface area (Å²) in [7, 11) is 0. The molecule has 0 bridgehead atoms. The highest BCUT2D eigenvalue weighted by Crippen LogP contribution is 2.13. The molecule has 0 saturated heterocycles. The van der Waals surface area contributed by atoms with Gasteiger partial charge in [0.25, 0.3) is 0 Å². The van der Waals surface area contributed by atoms with Crippen LogP contribution in [0.5, 0.6) is 0 Å². The molecule has 0 aromatic rings. The molecule has 0 aliphatic heterocycles. The minimum absolute atomic E-state index is 0.123. The molecule has 0 spiro atoms. The molecule has 0 aromatic carbocycles. The Labute approximate surface area is 268 Å². The van der Waals surface area contributed by atoms with Gasteiger partial charge in [-0.25, -0.2) is 0 Å². The fourth-order valence-corrected chi connectivity index (χ4v) is 4.52. The molecule has 0 aromatic heterocycles. The van der Waals surface area contributed by atoms with E-state index in [-0.39, 0.29) is 19.0 Å². The SMILES string of the molecule is CCCCC/C=C\C[C@@H](O)/C=C/C=C/C=C\[C@@H](O)CCCC(=O)OC[C@H](CO)OC(=O)CCCCCCCCCCC(C)C. The molecule has 0 amide bonds. The smallest absolute Gasteiger partial charge is 0.306 e. The first kappa shape index (κ1) is 41.8. The molecule has 7 heteroatoms. The van der Waals surface area contributed by atoms with Crippen LogP contribution in [-0.2, 0) is 19.1 Å². The highest BCUT2D eigenvalue weighted by molar-refractivity contribution is 5.70. The predicted octanol–water partition coefficient (Wildman–Crippen LogP) is 8.08. The van der Waals surface area contributed by atoms with E-state index in [0.717, 1.165) is 31.6 Å². The molecule has 0 saturated carbocycles. The van der Waals surface area contributed by atoms with Crippen molar-refractivity contribution in [3.63, 3.8) is 0 Å². The zero-order valence-electron chi connectivity index (χ0n) is 28.0. The van der Waals surface area contributed by atoms with Crippen LogP contribution >= 0.6 is 0 Å². The first-order valence-corrected chi connectivity index (χ1v) is 17.3. The van der Waals surface area contributed by atoms with Crippen LogP contribution in [0.2, 0.25) is 0 Å². The van der Waals surface area contributed by atoms with Gasteiger partial charge in [-0.05, 0) is 44.4 Å². The van der Waals surface area contributed by atoms with Crippen molar-refractivity contribution in [2.75, 3.05) is 13.2 Å². The first-order valence-electron chi connectivity index (χ1n) is 17.3. The van der Waals surface area contributed by atoms with Crippen LogP contribution in [0.1, 0.15) is 136 Å². The largest absolute Gasteiger partial charge is 0.462 e. The summed E-state index contributed by atoms with van der Waals surface area (Å²) < 4.78 is 10.4. The minimum Gasteiger partial charge on any atom is -0.462 e. The second-order valence-electron chi connectivity index (χ2n) is 12.1. The van der Waals surface area contributed by atoms with E-state index in [1.165, 1.54) is 57.8 Å². The third-order valence-corrected chi connectivity index (χ3v) is 7.24. The third kappa shape index (κ3) is 29.8. The number of rotatable bonds is 29. The Bertz CT molecular complexity index is 800. The number of esters is 2. The Morgan fingerprint density at radius 2 is 1.30 bits per heavy atom. The van der Waals surface area contributed by atoms with Gasteiger partial charge >= 0.3 is 11.9 Å². The maximum atomic E-state index is 12.1. The monoisotopic (exact) mass is 620 g/mol. The van der Waals surface area contributed by atoms with Crippen molar-refractivity contribution < 1.29 is 34.4 Å². The molecule has 0 unspecified atom stereocenters. The van der Waals surface area contributed by atoms with Crippen molar-refractivity contribution in [3.8, 4) is 0 Å². The van der Waals surface area contributed by atoms with Crippen LogP contribution in [0.15, 0.2) is 48.6 Å². The average Bonchev–Trinajstić information content (AvgIpc) is 2.99. The molecule has 0 aliphatic rings. The van der Waals surface area contributed by atoms with Crippen LogP contribution in [0.4, 0.5) is 0 Å². The molecule has 44 heavy (non-hydrogen) atoms. The Morgan fingerprint density at radius 3 is 1.93 bits per heavy atom. The normalized spacial score (nSPS) is 14.3. The molecule has 3 N–H and O–H groups in total. The van der Waals surface area contributed by atoms with Gasteiger partial charge in [-0.1, -0.05) is 134 Å². The fourth-order valence-electron chi connectivity index (χ4n) is 4.52. The van der Waals surface area contributed by atoms with Gasteiger partial charge in [0, 0.05) is 12.8 Å². The van der Waals surface area contributed by atoms with Crippen molar-refractivity contribution in [2.45, 2.75) is 155 Å². The molecule has 254 valence electrons. The van der Waals surface area contributed by atoms with Crippen molar-refractivity contribution in [2.24, 2.45) is 5.92 Å². The lowest BCUT2D eigenvalue weighted by Gasteiger charge is -2.16. The maximum absolute atomic E-state index is 12.1. The van der Waals surface area contributed by atoms with E-state index in [9.17, 15) is 24.9 Å². The summed E-state index contributed by atoms with van der Waals surface area (Å²) >= 11 is 0. The lowest BCUT2D eigenvalue weighted by Crippen LogP contribution is -2.28. The maximum Gasteiger partial charge on any atom is 0.306 e. The van der Waals surface area contributed by atoms with E-state index >= 15 is 0 Å². The van der Waals surface area contributed by atoms with Crippen molar-refractivity contribution in [1.82, 2.24) is 0 Å². The number of carbonyl (C=O) groups is 2. The van der Waals surface area contributed by atoms with Crippen LogP contribution < -0.4 is 0 Å². The van der Waals surface area contributed by atoms with Gasteiger partial charge < -0.3 is 24.8 Å².